The average molecular weight is 973 g/mol. The highest BCUT2D eigenvalue weighted by atomic mass is 19.4. The van der Waals surface area contributed by atoms with Crippen molar-refractivity contribution in [1.82, 2.24) is 19.1 Å². The topological polar surface area (TPSA) is 35.6 Å². The lowest BCUT2D eigenvalue weighted by molar-refractivity contribution is -0.137. The molecule has 0 spiro atoms. The third-order valence-electron chi connectivity index (χ3n) is 14.7. The molecule has 0 radical (unpaired) electrons. The van der Waals surface area contributed by atoms with Crippen LogP contribution in [0.5, 0.6) is 0 Å². The number of benzene rings is 11. The van der Waals surface area contributed by atoms with Crippen LogP contribution in [0.25, 0.3) is 133 Å². The van der Waals surface area contributed by atoms with E-state index in [2.05, 4.69) is 179 Å². The molecule has 7 heteroatoms. The van der Waals surface area contributed by atoms with Gasteiger partial charge in [-0.25, -0.2) is 9.97 Å². The molecule has 0 aliphatic rings. The van der Waals surface area contributed by atoms with Crippen molar-refractivity contribution in [1.29, 1.82) is 0 Å². The molecule has 3 heterocycles. The molecule has 0 bridgehead atoms. The lowest BCUT2D eigenvalue weighted by atomic mass is 9.98. The predicted molar refractivity (Wildman–Crippen MR) is 303 cm³/mol. The zero-order valence-corrected chi connectivity index (χ0v) is 40.5. The number of hydrogen-bond acceptors (Lipinski definition) is 2. The largest absolute Gasteiger partial charge is 0.416 e. The summed E-state index contributed by atoms with van der Waals surface area (Å²) in [6, 6.07) is 82.9. The molecular formula is C68H43F3N4. The van der Waals surface area contributed by atoms with E-state index in [1.165, 1.54) is 34.0 Å². The second kappa shape index (κ2) is 17.3. The Morgan fingerprint density at radius 3 is 1.31 bits per heavy atom. The molecule has 0 unspecified atom stereocenters. The summed E-state index contributed by atoms with van der Waals surface area (Å²) in [4.78, 5) is 10.2. The van der Waals surface area contributed by atoms with E-state index in [-0.39, 0.29) is 0 Å². The lowest BCUT2D eigenvalue weighted by Crippen LogP contribution is -2.06. The van der Waals surface area contributed by atoms with E-state index in [9.17, 15) is 13.2 Å². The molecule has 14 rings (SSSR count). The van der Waals surface area contributed by atoms with Crippen LogP contribution in [0.4, 0.5) is 13.2 Å². The van der Waals surface area contributed by atoms with Gasteiger partial charge < -0.3 is 9.13 Å². The number of nitrogens with zero attached hydrogens (tertiary/aromatic N) is 4. The Morgan fingerprint density at radius 1 is 0.333 bits per heavy atom. The van der Waals surface area contributed by atoms with Gasteiger partial charge in [-0.2, -0.15) is 13.2 Å². The van der Waals surface area contributed by atoms with Crippen LogP contribution >= 0.6 is 0 Å². The van der Waals surface area contributed by atoms with Gasteiger partial charge in [0.15, 0.2) is 5.82 Å². The van der Waals surface area contributed by atoms with Crippen LogP contribution in [0.1, 0.15) is 11.1 Å². The van der Waals surface area contributed by atoms with E-state index in [4.69, 9.17) is 9.97 Å². The zero-order valence-electron chi connectivity index (χ0n) is 40.5. The number of rotatable bonds is 7. The summed E-state index contributed by atoms with van der Waals surface area (Å²) >= 11 is 0. The van der Waals surface area contributed by atoms with Crippen LogP contribution < -0.4 is 0 Å². The van der Waals surface area contributed by atoms with Gasteiger partial charge in [0, 0.05) is 54.8 Å². The van der Waals surface area contributed by atoms with Crippen molar-refractivity contribution in [2.45, 2.75) is 13.1 Å². The van der Waals surface area contributed by atoms with Gasteiger partial charge >= 0.3 is 6.18 Å². The maximum absolute atomic E-state index is 14.2. The minimum atomic E-state index is -4.51. The fourth-order valence-electron chi connectivity index (χ4n) is 11.2. The Hall–Kier alpha value is -9.59. The molecule has 0 aliphatic heterocycles. The van der Waals surface area contributed by atoms with Gasteiger partial charge in [0.05, 0.1) is 38.8 Å². The number of halogens is 3. The molecule has 75 heavy (non-hydrogen) atoms. The second-order valence-corrected chi connectivity index (χ2v) is 19.4. The molecule has 0 saturated carbocycles. The highest BCUT2D eigenvalue weighted by Gasteiger charge is 2.31. The highest BCUT2D eigenvalue weighted by molar-refractivity contribution is 6.14. The van der Waals surface area contributed by atoms with Gasteiger partial charge in [-0.05, 0) is 160 Å². The first-order valence-corrected chi connectivity index (χ1v) is 25.0. The molecular weight excluding hydrogens is 930 g/mol. The molecule has 3 aromatic heterocycles. The second-order valence-electron chi connectivity index (χ2n) is 19.4. The summed E-state index contributed by atoms with van der Waals surface area (Å²) in [5.74, 6) is 0.426. The Balaban J connectivity index is 0.924. The smallest absolute Gasteiger partial charge is 0.309 e. The average Bonchev–Trinajstić information content (AvgIpc) is 4.03. The van der Waals surface area contributed by atoms with E-state index >= 15 is 0 Å². The van der Waals surface area contributed by atoms with E-state index in [0.29, 0.717) is 33.5 Å². The van der Waals surface area contributed by atoms with Crippen molar-refractivity contribution in [3.63, 3.8) is 0 Å². The van der Waals surface area contributed by atoms with Crippen LogP contribution in [0.2, 0.25) is 0 Å². The molecule has 11 aromatic carbocycles. The third kappa shape index (κ3) is 7.54. The van der Waals surface area contributed by atoms with Crippen molar-refractivity contribution in [3.8, 4) is 67.4 Å². The fraction of sp³-hybridized carbons (Fsp3) is 0.0294. The zero-order chi connectivity index (χ0) is 50.4. The Morgan fingerprint density at radius 2 is 0.787 bits per heavy atom. The quantitative estimate of drug-likeness (QED) is 0.149. The van der Waals surface area contributed by atoms with E-state index in [1.807, 2.05) is 54.6 Å². The van der Waals surface area contributed by atoms with Gasteiger partial charge in [-0.15, -0.1) is 0 Å². The summed E-state index contributed by atoms with van der Waals surface area (Å²) in [5.41, 5.74) is 15.3. The Kier molecular flexibility index (Phi) is 10.2. The summed E-state index contributed by atoms with van der Waals surface area (Å²) in [6.45, 7) is 1.68. The van der Waals surface area contributed by atoms with Gasteiger partial charge in [0.1, 0.15) is 0 Å². The molecule has 0 atom stereocenters. The SMILES string of the molecule is Cc1cc(-c2nc(-c3ccc(-n4c5ccc(-c6ccccc6)cc5c5cc(-c6ccc7c(c6)c6cc(-c8ccccc8)ccc6n7-c6ccccc6)ccc54)cc3)nc3c2ccc2ccccc23)cc(C(F)(F)F)c1. The number of para-hydroxylation sites is 1. The van der Waals surface area contributed by atoms with E-state index in [1.54, 1.807) is 13.0 Å². The summed E-state index contributed by atoms with van der Waals surface area (Å²) in [7, 11) is 0. The minimum absolute atomic E-state index is 0.387. The molecule has 0 aliphatic carbocycles. The molecule has 0 fully saturated rings. The molecule has 4 nitrogen and oxygen atoms in total. The molecule has 356 valence electrons. The molecule has 0 saturated heterocycles. The third-order valence-corrected chi connectivity index (χ3v) is 14.7. The van der Waals surface area contributed by atoms with Crippen LogP contribution in [-0.4, -0.2) is 19.1 Å². The monoisotopic (exact) mass is 972 g/mol. The van der Waals surface area contributed by atoms with Crippen LogP contribution in [0.15, 0.2) is 243 Å². The molecule has 0 N–H and O–H groups in total. The number of alkyl halides is 3. The van der Waals surface area contributed by atoms with Crippen molar-refractivity contribution < 1.29 is 13.2 Å². The summed E-state index contributed by atoms with van der Waals surface area (Å²) in [6.07, 6.45) is -4.51. The first-order chi connectivity index (χ1) is 36.7. The first-order valence-electron chi connectivity index (χ1n) is 25.0. The summed E-state index contributed by atoms with van der Waals surface area (Å²) in [5, 5.41) is 7.17. The van der Waals surface area contributed by atoms with Crippen molar-refractivity contribution in [3.05, 3.63) is 254 Å². The van der Waals surface area contributed by atoms with Gasteiger partial charge in [-0.3, -0.25) is 0 Å². The normalized spacial score (nSPS) is 12.0. The number of aryl methyl sites for hydroxylation is 1. The van der Waals surface area contributed by atoms with Crippen molar-refractivity contribution in [2.24, 2.45) is 0 Å². The fourth-order valence-corrected chi connectivity index (χ4v) is 11.2. The van der Waals surface area contributed by atoms with Gasteiger partial charge in [0.25, 0.3) is 0 Å². The molecule has 0 amide bonds. The number of hydrogen-bond donors (Lipinski definition) is 0. The first kappa shape index (κ1) is 44.1. The highest BCUT2D eigenvalue weighted by Crippen LogP contribution is 2.42. The van der Waals surface area contributed by atoms with E-state index < -0.39 is 11.7 Å². The van der Waals surface area contributed by atoms with Crippen LogP contribution in [-0.2, 0) is 6.18 Å². The van der Waals surface area contributed by atoms with Crippen LogP contribution in [0.3, 0.4) is 0 Å². The Labute approximate surface area is 429 Å². The van der Waals surface area contributed by atoms with Crippen molar-refractivity contribution >= 4 is 65.3 Å². The Bertz CT molecular complexity index is 4560. The maximum atomic E-state index is 14.2. The van der Waals surface area contributed by atoms with Gasteiger partial charge in [-0.1, -0.05) is 133 Å². The number of aromatic nitrogens is 4. The standard InChI is InChI=1S/C68H43F3N4/c1-42-35-51(37-52(36-42)68(69,70)71)65-56-30-23-45-17-11-12-20-55(45)66(56)73-67(72-65)46-21-28-54(29-22-46)75-63-32-25-48(44-15-7-3-8-16-44)39-58(63)60-41-50(27-34-64(60)75)49-26-33-62-59(40-49)57-38-47(43-13-5-2-6-14-43)24-31-61(57)74(62)53-18-9-4-10-19-53/h2-41H,1H3. The predicted octanol–water partition coefficient (Wildman–Crippen LogP) is 18.6. The van der Waals surface area contributed by atoms with Crippen molar-refractivity contribution in [2.75, 3.05) is 0 Å². The summed E-state index contributed by atoms with van der Waals surface area (Å²) < 4.78 is 47.4. The minimum Gasteiger partial charge on any atom is -0.309 e. The van der Waals surface area contributed by atoms with Crippen LogP contribution in [0, 0.1) is 6.92 Å². The molecule has 14 aromatic rings. The number of fused-ring (bicyclic) bond motifs is 9. The van der Waals surface area contributed by atoms with E-state index in [0.717, 1.165) is 82.8 Å². The lowest BCUT2D eigenvalue weighted by Gasteiger charge is -2.14. The van der Waals surface area contributed by atoms with Gasteiger partial charge in [0.2, 0.25) is 0 Å². The maximum Gasteiger partial charge on any atom is 0.416 e.